The van der Waals surface area contributed by atoms with Crippen LogP contribution >= 0.6 is 11.6 Å². The molecule has 1 aliphatic heterocycles. The quantitative estimate of drug-likeness (QED) is 0.218. The Labute approximate surface area is 259 Å². The number of nitrogens with one attached hydrogen (secondary N) is 1. The molecule has 0 radical (unpaired) electrons. The highest BCUT2D eigenvalue weighted by Gasteiger charge is 2.27. The molecule has 0 aliphatic carbocycles. The minimum absolute atomic E-state index is 0.140. The molecule has 5 heterocycles. The highest BCUT2D eigenvalue weighted by molar-refractivity contribution is 6.31. The molecular weight excluding hydrogens is 611 g/mol. The molecule has 1 unspecified atom stereocenters. The first kappa shape index (κ1) is 30.3. The monoisotopic (exact) mass is 637 g/mol. The zero-order valence-electron chi connectivity index (χ0n) is 24.1. The summed E-state index contributed by atoms with van der Waals surface area (Å²) in [5.41, 5.74) is 1.74. The Morgan fingerprint density at radius 1 is 1.09 bits per heavy atom. The van der Waals surface area contributed by atoms with Crippen molar-refractivity contribution in [2.75, 3.05) is 5.32 Å². The molecule has 1 aliphatic rings. The number of alkyl halides is 3. The lowest BCUT2D eigenvalue weighted by molar-refractivity contribution is -0.119. The number of rotatable bonds is 5. The number of nitrogens with zero attached hydrogens (tertiary/aromatic N) is 6. The van der Waals surface area contributed by atoms with E-state index in [1.807, 2.05) is 0 Å². The van der Waals surface area contributed by atoms with Crippen molar-refractivity contribution in [2.24, 2.45) is 5.92 Å². The summed E-state index contributed by atoms with van der Waals surface area (Å²) >= 11 is 6.26. The van der Waals surface area contributed by atoms with Gasteiger partial charge in [0.25, 0.3) is 6.43 Å². The second-order valence-corrected chi connectivity index (χ2v) is 11.3. The van der Waals surface area contributed by atoms with Gasteiger partial charge in [-0.15, -0.1) is 5.10 Å². The van der Waals surface area contributed by atoms with Crippen LogP contribution < -0.4 is 10.9 Å². The van der Waals surface area contributed by atoms with E-state index in [4.69, 9.17) is 16.0 Å². The van der Waals surface area contributed by atoms with E-state index in [1.165, 1.54) is 17.8 Å². The van der Waals surface area contributed by atoms with E-state index in [0.717, 1.165) is 10.9 Å². The smallest absolute Gasteiger partial charge is 0.340 e. The number of fused-ring (bicyclic) bond motifs is 4. The zero-order chi connectivity index (χ0) is 31.8. The molecule has 6 rings (SSSR count). The number of benzene rings is 1. The summed E-state index contributed by atoms with van der Waals surface area (Å²) in [7, 11) is 0. The van der Waals surface area contributed by atoms with E-state index in [9.17, 15) is 22.8 Å². The maximum Gasteiger partial charge on any atom is 0.340 e. The van der Waals surface area contributed by atoms with Crippen LogP contribution in [-0.2, 0) is 4.79 Å². The van der Waals surface area contributed by atoms with Crippen molar-refractivity contribution in [2.45, 2.75) is 51.7 Å². The van der Waals surface area contributed by atoms with E-state index in [2.05, 4.69) is 25.7 Å². The van der Waals surface area contributed by atoms with Gasteiger partial charge in [-0.25, -0.2) is 27.3 Å². The number of carbonyl (C=O) groups is 1. The van der Waals surface area contributed by atoms with Crippen LogP contribution in [0.15, 0.2) is 70.3 Å². The van der Waals surface area contributed by atoms with Crippen LogP contribution in [0, 0.1) is 5.92 Å². The van der Waals surface area contributed by atoms with Crippen LogP contribution in [-0.4, -0.2) is 35.7 Å². The van der Waals surface area contributed by atoms with Crippen LogP contribution in [0.4, 0.5) is 18.9 Å². The molecule has 2 bridgehead atoms. The average Bonchev–Trinajstić information content (AvgIpc) is 3.67. The molecule has 0 saturated heterocycles. The number of carbonyl (C=O) groups excluding carboxylic acids is 1. The lowest BCUT2D eigenvalue weighted by Gasteiger charge is -2.20. The number of pyridine rings is 1. The van der Waals surface area contributed by atoms with Gasteiger partial charge in [0.05, 0.1) is 29.5 Å². The fourth-order valence-electron chi connectivity index (χ4n) is 5.50. The van der Waals surface area contributed by atoms with Crippen molar-refractivity contribution in [1.82, 2.24) is 29.8 Å². The number of amides is 1. The summed E-state index contributed by atoms with van der Waals surface area (Å²) in [6.45, 7) is 3.15. The molecule has 0 spiro atoms. The first-order valence-corrected chi connectivity index (χ1v) is 14.6. The van der Waals surface area contributed by atoms with Gasteiger partial charge in [-0.1, -0.05) is 30.2 Å². The Morgan fingerprint density at radius 2 is 1.91 bits per heavy atom. The van der Waals surface area contributed by atoms with Gasteiger partial charge >= 0.3 is 5.63 Å². The lowest BCUT2D eigenvalue weighted by Crippen LogP contribution is -2.22. The fraction of sp³-hybridized carbons (Fsp3) is 0.290. The third kappa shape index (κ3) is 5.99. The molecule has 1 aromatic carbocycles. The van der Waals surface area contributed by atoms with Gasteiger partial charge in [-0.3, -0.25) is 9.78 Å². The van der Waals surface area contributed by atoms with E-state index in [0.29, 0.717) is 63.7 Å². The Hall–Kier alpha value is -4.78. The van der Waals surface area contributed by atoms with Gasteiger partial charge < -0.3 is 9.73 Å². The fourth-order valence-corrected chi connectivity index (χ4v) is 5.68. The highest BCUT2D eigenvalue weighted by Crippen LogP contribution is 2.37. The van der Waals surface area contributed by atoms with Crippen molar-refractivity contribution in [3.8, 4) is 28.3 Å². The SMILES string of the molecule is CC(F)n1ncc2c1-c1ccnc(c1)[C@@H](c1ccc(-c3cc(Cl)ccc3-n3cc(C(F)F)nn3)oc1=O)CCC[C@H](C)C(=O)N2. The number of hydrogen-bond acceptors (Lipinski definition) is 7. The Kier molecular flexibility index (Phi) is 8.28. The van der Waals surface area contributed by atoms with Crippen molar-refractivity contribution in [3.63, 3.8) is 0 Å². The second kappa shape index (κ2) is 12.3. The predicted molar refractivity (Wildman–Crippen MR) is 160 cm³/mol. The first-order valence-electron chi connectivity index (χ1n) is 14.2. The lowest BCUT2D eigenvalue weighted by atomic mass is 9.88. The Balaban J connectivity index is 1.43. The summed E-state index contributed by atoms with van der Waals surface area (Å²) in [6, 6.07) is 11.3. The van der Waals surface area contributed by atoms with Gasteiger partial charge in [0.1, 0.15) is 11.5 Å². The van der Waals surface area contributed by atoms with Crippen LogP contribution in [0.25, 0.3) is 28.3 Å². The van der Waals surface area contributed by atoms with Crippen LogP contribution in [0.1, 0.15) is 68.7 Å². The summed E-state index contributed by atoms with van der Waals surface area (Å²) in [6.07, 6.45) is 1.39. The van der Waals surface area contributed by atoms with Gasteiger partial charge in [-0.05, 0) is 62.2 Å². The summed E-state index contributed by atoms with van der Waals surface area (Å²) < 4.78 is 49.1. The topological polar surface area (TPSA) is 121 Å². The van der Waals surface area contributed by atoms with Crippen LogP contribution in [0.2, 0.25) is 5.02 Å². The van der Waals surface area contributed by atoms with E-state index < -0.39 is 30.0 Å². The minimum Gasteiger partial charge on any atom is -0.422 e. The standard InChI is InChI=1S/C31H27ClF3N7O3/c1-16-4-3-5-20(23-12-18(10-11-36-23)28-24(38-30(16)43)14-37-42(28)17(2)33)21-7-9-27(45-31(21)44)22-13-19(32)6-8-26(22)41-15-25(29(34)35)39-40-41/h6-17,20,29H,3-5H2,1-2H3,(H,38,43)/t16-,17?,20+/m0/s1. The third-order valence-electron chi connectivity index (χ3n) is 7.81. The van der Waals surface area contributed by atoms with E-state index in [-0.39, 0.29) is 17.6 Å². The maximum atomic E-state index is 14.6. The zero-order valence-corrected chi connectivity index (χ0v) is 24.9. The largest absolute Gasteiger partial charge is 0.422 e. The van der Waals surface area contributed by atoms with Gasteiger partial charge in [0.2, 0.25) is 5.91 Å². The molecule has 10 nitrogen and oxygen atoms in total. The molecule has 14 heteroatoms. The Bertz CT molecular complexity index is 1940. The van der Waals surface area contributed by atoms with E-state index in [1.54, 1.807) is 55.6 Å². The molecule has 4 aromatic heterocycles. The number of aromatic nitrogens is 6. The van der Waals surface area contributed by atoms with Crippen molar-refractivity contribution in [3.05, 3.63) is 93.4 Å². The van der Waals surface area contributed by atoms with Crippen LogP contribution in [0.3, 0.4) is 0 Å². The summed E-state index contributed by atoms with van der Waals surface area (Å²) in [5.74, 6) is -0.961. The molecule has 3 atom stereocenters. The summed E-state index contributed by atoms with van der Waals surface area (Å²) in [5, 5.41) is 14.7. The predicted octanol–water partition coefficient (Wildman–Crippen LogP) is 7.12. The number of halogens is 4. The van der Waals surface area contributed by atoms with Gasteiger partial charge in [0.15, 0.2) is 6.30 Å². The van der Waals surface area contributed by atoms with Gasteiger partial charge in [-0.2, -0.15) is 5.10 Å². The normalized spacial score (nSPS) is 17.7. The average molecular weight is 638 g/mol. The Morgan fingerprint density at radius 3 is 2.64 bits per heavy atom. The highest BCUT2D eigenvalue weighted by atomic mass is 35.5. The third-order valence-corrected chi connectivity index (χ3v) is 8.05. The first-order chi connectivity index (χ1) is 21.6. The molecule has 0 fully saturated rings. The van der Waals surface area contributed by atoms with Crippen molar-refractivity contribution >= 4 is 23.2 Å². The van der Waals surface area contributed by atoms with Crippen molar-refractivity contribution in [1.29, 1.82) is 0 Å². The van der Waals surface area contributed by atoms with E-state index >= 15 is 0 Å². The minimum atomic E-state index is -2.81. The molecule has 45 heavy (non-hydrogen) atoms. The molecule has 1 N–H and O–H groups in total. The maximum absolute atomic E-state index is 14.6. The summed E-state index contributed by atoms with van der Waals surface area (Å²) in [4.78, 5) is 31.2. The molecule has 0 saturated carbocycles. The number of anilines is 1. The molecule has 1 amide bonds. The molecular formula is C31H27ClF3N7O3. The van der Waals surface area contributed by atoms with Crippen LogP contribution in [0.5, 0.6) is 0 Å². The van der Waals surface area contributed by atoms with Crippen molar-refractivity contribution < 1.29 is 22.4 Å². The number of hydrogen-bond donors (Lipinski definition) is 1. The molecule has 232 valence electrons. The second-order valence-electron chi connectivity index (χ2n) is 10.9. The molecule has 5 aromatic rings. The van der Waals surface area contributed by atoms with Gasteiger partial charge in [0, 0.05) is 45.4 Å².